The fourth-order valence-corrected chi connectivity index (χ4v) is 4.65. The number of nitrogens with zero attached hydrogens (tertiary/aromatic N) is 2. The van der Waals surface area contributed by atoms with Crippen LogP contribution in [0.2, 0.25) is 0 Å². The molecular weight excluding hydrogens is 288 g/mol. The topological polar surface area (TPSA) is 32.8 Å². The van der Waals surface area contributed by atoms with Crippen LogP contribution in [0.15, 0.2) is 24.3 Å². The lowest BCUT2D eigenvalue weighted by atomic mass is 10.0. The summed E-state index contributed by atoms with van der Waals surface area (Å²) in [6.07, 6.45) is 5.18. The van der Waals surface area contributed by atoms with Gasteiger partial charge in [-0.25, -0.2) is 0 Å². The molecule has 0 radical (unpaired) electrons. The Labute approximate surface area is 138 Å². The molecule has 3 heterocycles. The molecule has 1 aromatic carbocycles. The first-order chi connectivity index (χ1) is 11.3. The van der Waals surface area contributed by atoms with Crippen LogP contribution in [0.25, 0.3) is 0 Å². The Morgan fingerprint density at radius 1 is 1.17 bits per heavy atom. The molecule has 3 atom stereocenters. The van der Waals surface area contributed by atoms with Gasteiger partial charge >= 0.3 is 0 Å². The molecule has 3 unspecified atom stereocenters. The number of hydrogen-bond donors (Lipinski definition) is 0. The summed E-state index contributed by atoms with van der Waals surface area (Å²) in [6.45, 7) is 5.41. The number of carbonyl (C=O) groups excluding carboxylic acids is 1. The fraction of sp³-hybridized carbons (Fsp3) is 0.632. The number of likely N-dealkylation sites (tertiary alicyclic amines) is 2. The van der Waals surface area contributed by atoms with Crippen LogP contribution in [0.1, 0.15) is 38.2 Å². The molecule has 3 aliphatic rings. The van der Waals surface area contributed by atoms with Gasteiger partial charge < -0.3 is 9.64 Å². The van der Waals surface area contributed by atoms with Gasteiger partial charge in [0.2, 0.25) is 0 Å². The summed E-state index contributed by atoms with van der Waals surface area (Å²) in [4.78, 5) is 17.8. The standard InChI is InChI=1S/C19H26N2O2/c1-2-20-11-5-8-15(20)16-9-6-12-21(16)19(22)18-13-14-7-3-4-10-17(14)23-18/h3-4,7,10,15-16,18H,2,5-6,8-9,11-13H2,1H3. The zero-order valence-electron chi connectivity index (χ0n) is 13.9. The summed E-state index contributed by atoms with van der Waals surface area (Å²) in [5, 5.41) is 0. The van der Waals surface area contributed by atoms with Gasteiger partial charge in [-0.2, -0.15) is 0 Å². The van der Waals surface area contributed by atoms with Gasteiger partial charge in [0.15, 0.2) is 6.10 Å². The number of fused-ring (bicyclic) bond motifs is 1. The van der Waals surface area contributed by atoms with E-state index in [1.165, 1.54) is 19.4 Å². The molecule has 23 heavy (non-hydrogen) atoms. The predicted octanol–water partition coefficient (Wildman–Crippen LogP) is 2.47. The number of likely N-dealkylation sites (N-methyl/N-ethyl adjacent to an activating group) is 1. The maximum Gasteiger partial charge on any atom is 0.264 e. The van der Waals surface area contributed by atoms with E-state index in [4.69, 9.17) is 4.74 Å². The smallest absolute Gasteiger partial charge is 0.264 e. The Hall–Kier alpha value is -1.55. The minimum Gasteiger partial charge on any atom is -0.480 e. The molecule has 4 rings (SSSR count). The van der Waals surface area contributed by atoms with Gasteiger partial charge in [-0.1, -0.05) is 25.1 Å². The van der Waals surface area contributed by atoms with Gasteiger partial charge in [0, 0.05) is 25.0 Å². The first-order valence-electron chi connectivity index (χ1n) is 9.07. The zero-order valence-corrected chi connectivity index (χ0v) is 13.9. The lowest BCUT2D eigenvalue weighted by Gasteiger charge is -2.35. The first kappa shape index (κ1) is 15.0. The molecule has 0 N–H and O–H groups in total. The van der Waals surface area contributed by atoms with Crippen LogP contribution in [0.4, 0.5) is 0 Å². The molecule has 0 bridgehead atoms. The van der Waals surface area contributed by atoms with Gasteiger partial charge in [-0.3, -0.25) is 9.69 Å². The molecule has 0 spiro atoms. The van der Waals surface area contributed by atoms with Gasteiger partial charge in [0.05, 0.1) is 0 Å². The number of rotatable bonds is 3. The monoisotopic (exact) mass is 314 g/mol. The van der Waals surface area contributed by atoms with E-state index in [0.717, 1.165) is 43.7 Å². The molecule has 1 aromatic rings. The van der Waals surface area contributed by atoms with Crippen LogP contribution in [0.3, 0.4) is 0 Å². The maximum atomic E-state index is 13.1. The van der Waals surface area contributed by atoms with E-state index in [1.54, 1.807) is 0 Å². The van der Waals surface area contributed by atoms with Crippen molar-refractivity contribution in [1.82, 2.24) is 9.80 Å². The van der Waals surface area contributed by atoms with Crippen molar-refractivity contribution < 1.29 is 9.53 Å². The molecule has 0 aliphatic carbocycles. The number of para-hydroxylation sites is 1. The van der Waals surface area contributed by atoms with Crippen molar-refractivity contribution >= 4 is 5.91 Å². The van der Waals surface area contributed by atoms with Gasteiger partial charge in [-0.05, 0) is 50.4 Å². The van der Waals surface area contributed by atoms with E-state index in [1.807, 2.05) is 18.2 Å². The van der Waals surface area contributed by atoms with Crippen molar-refractivity contribution in [2.75, 3.05) is 19.6 Å². The highest BCUT2D eigenvalue weighted by Gasteiger charge is 2.42. The second kappa shape index (κ2) is 6.16. The molecule has 124 valence electrons. The second-order valence-electron chi connectivity index (χ2n) is 7.00. The van der Waals surface area contributed by atoms with Crippen LogP contribution in [0.5, 0.6) is 5.75 Å². The third-order valence-electron chi connectivity index (χ3n) is 5.77. The number of amides is 1. The first-order valence-corrected chi connectivity index (χ1v) is 9.07. The van der Waals surface area contributed by atoms with E-state index in [0.29, 0.717) is 12.1 Å². The SMILES string of the molecule is CCN1CCCC1C1CCCN1C(=O)C1Cc2ccccc2O1. The van der Waals surface area contributed by atoms with Gasteiger partial charge in [0.1, 0.15) is 5.75 Å². The summed E-state index contributed by atoms with van der Waals surface area (Å²) in [5.41, 5.74) is 1.16. The average molecular weight is 314 g/mol. The van der Waals surface area contributed by atoms with Crippen molar-refractivity contribution in [3.05, 3.63) is 29.8 Å². The molecule has 2 fully saturated rings. The number of hydrogen-bond acceptors (Lipinski definition) is 3. The normalized spacial score (nSPS) is 30.5. The van der Waals surface area contributed by atoms with E-state index in [2.05, 4.69) is 22.8 Å². The van der Waals surface area contributed by atoms with Crippen LogP contribution >= 0.6 is 0 Å². The summed E-state index contributed by atoms with van der Waals surface area (Å²) in [7, 11) is 0. The highest BCUT2D eigenvalue weighted by atomic mass is 16.5. The summed E-state index contributed by atoms with van der Waals surface area (Å²) in [5.74, 6) is 1.09. The van der Waals surface area contributed by atoms with E-state index >= 15 is 0 Å². The van der Waals surface area contributed by atoms with Gasteiger partial charge in [0.25, 0.3) is 5.91 Å². The molecule has 1 amide bonds. The Bertz CT molecular complexity index is 563. The van der Waals surface area contributed by atoms with E-state index in [9.17, 15) is 4.79 Å². The van der Waals surface area contributed by atoms with Crippen molar-refractivity contribution in [3.8, 4) is 5.75 Å². The van der Waals surface area contributed by atoms with Crippen molar-refractivity contribution in [2.45, 2.75) is 57.2 Å². The van der Waals surface area contributed by atoms with Crippen LogP contribution in [0, 0.1) is 0 Å². The molecule has 2 saturated heterocycles. The molecule has 3 aliphatic heterocycles. The van der Waals surface area contributed by atoms with E-state index < -0.39 is 0 Å². The Balaban J connectivity index is 1.48. The molecule has 4 heteroatoms. The molecular formula is C19H26N2O2. The molecule has 4 nitrogen and oxygen atoms in total. The Morgan fingerprint density at radius 3 is 2.78 bits per heavy atom. The Kier molecular flexibility index (Phi) is 4.02. The largest absolute Gasteiger partial charge is 0.480 e. The average Bonchev–Trinajstić information content (AvgIpc) is 3.30. The Morgan fingerprint density at radius 2 is 1.96 bits per heavy atom. The quantitative estimate of drug-likeness (QED) is 0.859. The lowest BCUT2D eigenvalue weighted by molar-refractivity contribution is -0.139. The van der Waals surface area contributed by atoms with Crippen molar-refractivity contribution in [1.29, 1.82) is 0 Å². The zero-order chi connectivity index (χ0) is 15.8. The molecule has 0 saturated carbocycles. The highest BCUT2D eigenvalue weighted by molar-refractivity contribution is 5.83. The highest BCUT2D eigenvalue weighted by Crippen LogP contribution is 2.33. The third-order valence-corrected chi connectivity index (χ3v) is 5.77. The summed E-state index contributed by atoms with van der Waals surface area (Å²) >= 11 is 0. The summed E-state index contributed by atoms with van der Waals surface area (Å²) < 4.78 is 5.94. The van der Waals surface area contributed by atoms with E-state index in [-0.39, 0.29) is 12.0 Å². The maximum absolute atomic E-state index is 13.1. The van der Waals surface area contributed by atoms with Crippen LogP contribution in [-0.2, 0) is 11.2 Å². The van der Waals surface area contributed by atoms with Gasteiger partial charge in [-0.15, -0.1) is 0 Å². The second-order valence-corrected chi connectivity index (χ2v) is 7.00. The minimum absolute atomic E-state index is 0.201. The third kappa shape index (κ3) is 2.63. The number of carbonyl (C=O) groups is 1. The fourth-order valence-electron chi connectivity index (χ4n) is 4.65. The van der Waals surface area contributed by atoms with Crippen molar-refractivity contribution in [2.24, 2.45) is 0 Å². The predicted molar refractivity (Wildman–Crippen MR) is 89.6 cm³/mol. The van der Waals surface area contributed by atoms with Crippen molar-refractivity contribution in [3.63, 3.8) is 0 Å². The number of benzene rings is 1. The number of ether oxygens (including phenoxy) is 1. The minimum atomic E-state index is -0.315. The molecule has 0 aromatic heterocycles. The van der Waals surface area contributed by atoms with Crippen LogP contribution < -0.4 is 4.74 Å². The summed E-state index contributed by atoms with van der Waals surface area (Å²) in [6, 6.07) is 8.97. The van der Waals surface area contributed by atoms with Crippen LogP contribution in [-0.4, -0.2) is 53.5 Å². The lowest BCUT2D eigenvalue weighted by Crippen LogP contribution is -2.51.